The Morgan fingerprint density at radius 2 is 1.74 bits per heavy atom. The molecule has 0 saturated heterocycles. The van der Waals surface area contributed by atoms with Crippen LogP contribution in [0.5, 0.6) is 0 Å². The molecule has 2 aromatic rings. The van der Waals surface area contributed by atoms with Crippen molar-refractivity contribution in [2.75, 3.05) is 13.2 Å². The van der Waals surface area contributed by atoms with Crippen LogP contribution in [0.1, 0.15) is 55.9 Å². The van der Waals surface area contributed by atoms with Crippen molar-refractivity contribution in [3.8, 4) is 0 Å². The summed E-state index contributed by atoms with van der Waals surface area (Å²) < 4.78 is 11.4. The first-order chi connectivity index (χ1) is 15.0. The molecule has 2 atom stereocenters. The van der Waals surface area contributed by atoms with Gasteiger partial charge in [-0.15, -0.1) is 0 Å². The minimum absolute atomic E-state index is 0.128. The van der Waals surface area contributed by atoms with Gasteiger partial charge in [0.1, 0.15) is 6.10 Å². The van der Waals surface area contributed by atoms with E-state index in [-0.39, 0.29) is 6.10 Å². The van der Waals surface area contributed by atoms with Gasteiger partial charge in [0.05, 0.1) is 0 Å². The minimum atomic E-state index is -0.933. The first-order valence-corrected chi connectivity index (χ1v) is 11.4. The quantitative estimate of drug-likeness (QED) is 0.332. The lowest BCUT2D eigenvalue weighted by molar-refractivity contribution is -0.149. The van der Waals surface area contributed by atoms with Crippen LogP contribution in [0.3, 0.4) is 0 Å². The average molecular weight is 444 g/mol. The predicted octanol–water partition coefficient (Wildman–Crippen LogP) is 5.08. The van der Waals surface area contributed by atoms with Gasteiger partial charge in [-0.1, -0.05) is 67.9 Å². The third kappa shape index (κ3) is 9.07. The zero-order valence-electron chi connectivity index (χ0n) is 18.4. The van der Waals surface area contributed by atoms with E-state index in [9.17, 15) is 9.90 Å². The standard InChI is InChI=1S/C25H33NO4S/c1-3-5-17-26-25(31)30-22(21-9-7-6-8-10-21)16-15-19-11-13-20(14-12-19)18-23(24(27)28)29-4-2/h6-14,22-23H,3-5,15-18H2,1-2H3,(H,26,31)(H,27,28)/t22?,23-/m0/s1. The van der Waals surface area contributed by atoms with Crippen LogP contribution in [0.15, 0.2) is 54.6 Å². The summed E-state index contributed by atoms with van der Waals surface area (Å²) in [5, 5.41) is 12.9. The first-order valence-electron chi connectivity index (χ1n) is 10.9. The Morgan fingerprint density at radius 3 is 2.35 bits per heavy atom. The average Bonchev–Trinajstić information content (AvgIpc) is 2.78. The minimum Gasteiger partial charge on any atom is -0.479 e. The molecule has 0 amide bonds. The molecule has 0 radical (unpaired) electrons. The number of carboxylic acids is 1. The van der Waals surface area contributed by atoms with Gasteiger partial charge in [-0.05, 0) is 55.1 Å². The van der Waals surface area contributed by atoms with Crippen molar-refractivity contribution in [1.82, 2.24) is 5.32 Å². The SMILES string of the molecule is CCCCNC(=S)OC(CCc1ccc(C[C@H](OCC)C(=O)O)cc1)c1ccccc1. The Kier molecular flexibility index (Phi) is 11.0. The van der Waals surface area contributed by atoms with Crippen LogP contribution in [0.4, 0.5) is 0 Å². The van der Waals surface area contributed by atoms with Gasteiger partial charge in [0.15, 0.2) is 6.10 Å². The van der Waals surface area contributed by atoms with E-state index in [4.69, 9.17) is 21.7 Å². The first kappa shape index (κ1) is 24.8. The summed E-state index contributed by atoms with van der Waals surface area (Å²) >= 11 is 5.38. The fraction of sp³-hybridized carbons (Fsp3) is 0.440. The lowest BCUT2D eigenvalue weighted by Gasteiger charge is -2.21. The second kappa shape index (κ2) is 13.8. The number of aryl methyl sites for hydroxylation is 1. The Balaban J connectivity index is 1.97. The van der Waals surface area contributed by atoms with Gasteiger partial charge in [-0.2, -0.15) is 0 Å². The maximum atomic E-state index is 11.3. The summed E-state index contributed by atoms with van der Waals surface area (Å²) in [6, 6.07) is 18.1. The van der Waals surface area contributed by atoms with Crippen LogP contribution in [0.2, 0.25) is 0 Å². The molecule has 2 N–H and O–H groups in total. The van der Waals surface area contributed by atoms with Gasteiger partial charge >= 0.3 is 5.97 Å². The highest BCUT2D eigenvalue weighted by Crippen LogP contribution is 2.24. The summed E-state index contributed by atoms with van der Waals surface area (Å²) in [5.41, 5.74) is 3.21. The van der Waals surface area contributed by atoms with E-state index in [1.165, 1.54) is 5.56 Å². The van der Waals surface area contributed by atoms with Crippen molar-refractivity contribution in [2.45, 2.75) is 58.2 Å². The van der Waals surface area contributed by atoms with Crippen LogP contribution in [0, 0.1) is 0 Å². The molecule has 2 aromatic carbocycles. The zero-order chi connectivity index (χ0) is 22.5. The molecule has 0 saturated carbocycles. The van der Waals surface area contributed by atoms with Crippen molar-refractivity contribution in [1.29, 1.82) is 0 Å². The third-order valence-electron chi connectivity index (χ3n) is 5.00. The number of hydrogen-bond acceptors (Lipinski definition) is 4. The van der Waals surface area contributed by atoms with Crippen molar-refractivity contribution in [3.05, 3.63) is 71.3 Å². The number of aliphatic carboxylic acids is 1. The molecule has 2 rings (SSSR count). The molecule has 0 aromatic heterocycles. The number of rotatable bonds is 13. The van der Waals surface area contributed by atoms with Crippen molar-refractivity contribution in [3.63, 3.8) is 0 Å². The van der Waals surface area contributed by atoms with E-state index in [1.807, 2.05) is 42.5 Å². The maximum absolute atomic E-state index is 11.3. The number of ether oxygens (including phenoxy) is 2. The summed E-state index contributed by atoms with van der Waals surface area (Å²) in [4.78, 5) is 11.3. The van der Waals surface area contributed by atoms with E-state index in [0.29, 0.717) is 18.2 Å². The van der Waals surface area contributed by atoms with Crippen molar-refractivity contribution >= 4 is 23.4 Å². The fourth-order valence-corrected chi connectivity index (χ4v) is 3.49. The van der Waals surface area contributed by atoms with E-state index in [0.717, 1.165) is 43.4 Å². The molecule has 0 fully saturated rings. The number of hydrogen-bond donors (Lipinski definition) is 2. The van der Waals surface area contributed by atoms with Gasteiger partial charge in [0.25, 0.3) is 5.17 Å². The summed E-state index contributed by atoms with van der Waals surface area (Å²) in [7, 11) is 0. The lowest BCUT2D eigenvalue weighted by atomic mass is 9.99. The second-order valence-corrected chi connectivity index (χ2v) is 7.80. The molecule has 0 bridgehead atoms. The summed E-state index contributed by atoms with van der Waals surface area (Å²) in [5.74, 6) is -0.933. The van der Waals surface area contributed by atoms with Gasteiger partial charge in [-0.3, -0.25) is 0 Å². The number of carbonyl (C=O) groups is 1. The molecule has 0 aliphatic heterocycles. The second-order valence-electron chi connectivity index (χ2n) is 7.43. The Labute approximate surface area is 190 Å². The monoisotopic (exact) mass is 443 g/mol. The van der Waals surface area contributed by atoms with Gasteiger partial charge < -0.3 is 19.9 Å². The smallest absolute Gasteiger partial charge is 0.333 e. The van der Waals surface area contributed by atoms with Crippen LogP contribution in [0.25, 0.3) is 0 Å². The van der Waals surface area contributed by atoms with Crippen LogP contribution in [-0.2, 0) is 27.1 Å². The van der Waals surface area contributed by atoms with Crippen LogP contribution >= 0.6 is 12.2 Å². The zero-order valence-corrected chi connectivity index (χ0v) is 19.2. The Bertz CT molecular complexity index is 795. The van der Waals surface area contributed by atoms with Gasteiger partial charge in [0, 0.05) is 19.6 Å². The topological polar surface area (TPSA) is 67.8 Å². The highest BCUT2D eigenvalue weighted by molar-refractivity contribution is 7.80. The van der Waals surface area contributed by atoms with E-state index >= 15 is 0 Å². The molecule has 6 heteroatoms. The van der Waals surface area contributed by atoms with Crippen LogP contribution < -0.4 is 5.32 Å². The number of benzene rings is 2. The molecule has 31 heavy (non-hydrogen) atoms. The molecule has 168 valence electrons. The van der Waals surface area contributed by atoms with E-state index in [2.05, 4.69) is 24.4 Å². The third-order valence-corrected chi connectivity index (χ3v) is 5.24. The largest absolute Gasteiger partial charge is 0.479 e. The van der Waals surface area contributed by atoms with Gasteiger partial charge in [0.2, 0.25) is 0 Å². The summed E-state index contributed by atoms with van der Waals surface area (Å²) in [6.45, 7) is 5.14. The molecule has 5 nitrogen and oxygen atoms in total. The highest BCUT2D eigenvalue weighted by Gasteiger charge is 2.18. The summed E-state index contributed by atoms with van der Waals surface area (Å²) in [6.07, 6.45) is 3.19. The molecule has 0 aliphatic carbocycles. The number of thiocarbonyl (C=S) groups is 1. The molecule has 0 heterocycles. The van der Waals surface area contributed by atoms with E-state index in [1.54, 1.807) is 6.92 Å². The predicted molar refractivity (Wildman–Crippen MR) is 127 cm³/mol. The number of nitrogens with one attached hydrogen (secondary N) is 1. The molecular weight excluding hydrogens is 410 g/mol. The Hall–Kier alpha value is -2.44. The number of unbranched alkanes of at least 4 members (excludes halogenated alkanes) is 1. The van der Waals surface area contributed by atoms with Crippen molar-refractivity contribution in [2.24, 2.45) is 0 Å². The maximum Gasteiger partial charge on any atom is 0.333 e. The van der Waals surface area contributed by atoms with Crippen LogP contribution in [-0.4, -0.2) is 35.5 Å². The lowest BCUT2D eigenvalue weighted by Crippen LogP contribution is -2.27. The molecular formula is C25H33NO4S. The highest BCUT2D eigenvalue weighted by atomic mass is 32.1. The van der Waals surface area contributed by atoms with E-state index < -0.39 is 12.1 Å². The normalized spacial score (nSPS) is 12.7. The van der Waals surface area contributed by atoms with Crippen molar-refractivity contribution < 1.29 is 19.4 Å². The molecule has 1 unspecified atom stereocenters. The Morgan fingerprint density at radius 1 is 1.06 bits per heavy atom. The van der Waals surface area contributed by atoms with Gasteiger partial charge in [-0.25, -0.2) is 4.79 Å². The molecule has 0 aliphatic rings. The fourth-order valence-electron chi connectivity index (χ4n) is 3.27. The number of carboxylic acid groups (broad SMARTS) is 1. The molecule has 0 spiro atoms.